The van der Waals surface area contributed by atoms with E-state index in [0.29, 0.717) is 6.42 Å². The van der Waals surface area contributed by atoms with Crippen molar-refractivity contribution in [3.8, 4) is 0 Å². The molecular formula is C12H12O4S. The molecule has 4 nitrogen and oxygen atoms in total. The van der Waals surface area contributed by atoms with E-state index in [4.69, 9.17) is 10.2 Å². The number of hydrogen-bond donors (Lipinski definition) is 2. The highest BCUT2D eigenvalue weighted by atomic mass is 32.2. The van der Waals surface area contributed by atoms with Gasteiger partial charge < -0.3 is 10.2 Å². The van der Waals surface area contributed by atoms with Gasteiger partial charge in [-0.25, -0.2) is 0 Å². The number of rotatable bonds is 4. The molecule has 0 bridgehead atoms. The topological polar surface area (TPSA) is 74.6 Å². The first-order chi connectivity index (χ1) is 8.09. The van der Waals surface area contributed by atoms with E-state index in [1.54, 1.807) is 0 Å². The molecule has 0 spiro atoms. The van der Waals surface area contributed by atoms with Gasteiger partial charge in [-0.15, -0.1) is 11.8 Å². The fourth-order valence-corrected chi connectivity index (χ4v) is 3.41. The summed E-state index contributed by atoms with van der Waals surface area (Å²) in [6, 6.07) is 9.45. The zero-order valence-electron chi connectivity index (χ0n) is 8.95. The van der Waals surface area contributed by atoms with E-state index in [1.165, 1.54) is 11.8 Å². The van der Waals surface area contributed by atoms with E-state index < -0.39 is 23.8 Å². The summed E-state index contributed by atoms with van der Waals surface area (Å²) in [5.41, 5.74) is 0. The normalized spacial score (nSPS) is 27.2. The summed E-state index contributed by atoms with van der Waals surface area (Å²) in [5.74, 6) is -3.55. The molecule has 0 aliphatic heterocycles. The van der Waals surface area contributed by atoms with Crippen molar-refractivity contribution in [3.63, 3.8) is 0 Å². The minimum Gasteiger partial charge on any atom is -0.481 e. The minimum atomic E-state index is -1.02. The zero-order chi connectivity index (χ0) is 12.4. The second-order valence-corrected chi connectivity index (χ2v) is 5.33. The van der Waals surface area contributed by atoms with Crippen LogP contribution in [0.5, 0.6) is 0 Å². The Hall–Kier alpha value is -1.49. The molecule has 1 fully saturated rings. The molecule has 1 aliphatic rings. The summed E-state index contributed by atoms with van der Waals surface area (Å²) in [4.78, 5) is 22.8. The summed E-state index contributed by atoms with van der Waals surface area (Å²) >= 11 is 1.44. The van der Waals surface area contributed by atoms with Crippen LogP contribution in [0.25, 0.3) is 0 Å². The van der Waals surface area contributed by atoms with E-state index in [2.05, 4.69) is 0 Å². The lowest BCUT2D eigenvalue weighted by molar-refractivity contribution is -0.159. The molecule has 0 heterocycles. The molecular weight excluding hydrogens is 240 g/mol. The Morgan fingerprint density at radius 1 is 1.12 bits per heavy atom. The third-order valence-corrected chi connectivity index (χ3v) is 4.29. The SMILES string of the molecule is O=C(O)C1CC(Sc2ccccc2)C1C(=O)O. The number of hydrogen-bond acceptors (Lipinski definition) is 3. The summed E-state index contributed by atoms with van der Waals surface area (Å²) < 4.78 is 0. The average Bonchev–Trinajstić information content (AvgIpc) is 2.23. The van der Waals surface area contributed by atoms with Crippen molar-refractivity contribution in [2.24, 2.45) is 11.8 Å². The van der Waals surface area contributed by atoms with Crippen LogP contribution in [-0.4, -0.2) is 27.4 Å². The Morgan fingerprint density at radius 3 is 2.29 bits per heavy atom. The molecule has 1 aromatic rings. The number of carbonyl (C=O) groups is 2. The molecule has 0 amide bonds. The second-order valence-electron chi connectivity index (χ2n) is 4.01. The zero-order valence-corrected chi connectivity index (χ0v) is 9.76. The predicted molar refractivity (Wildman–Crippen MR) is 63.0 cm³/mol. The fraction of sp³-hybridized carbons (Fsp3) is 0.333. The van der Waals surface area contributed by atoms with Crippen LogP contribution < -0.4 is 0 Å². The van der Waals surface area contributed by atoms with Gasteiger partial charge >= 0.3 is 11.9 Å². The third-order valence-electron chi connectivity index (χ3n) is 2.95. The highest BCUT2D eigenvalue weighted by Gasteiger charge is 2.50. The van der Waals surface area contributed by atoms with Crippen molar-refractivity contribution < 1.29 is 19.8 Å². The summed E-state index contributed by atoms with van der Waals surface area (Å²) in [5, 5.41) is 17.7. The maximum Gasteiger partial charge on any atom is 0.308 e. The van der Waals surface area contributed by atoms with Gasteiger partial charge in [-0.3, -0.25) is 9.59 Å². The smallest absolute Gasteiger partial charge is 0.308 e. The van der Waals surface area contributed by atoms with E-state index in [-0.39, 0.29) is 5.25 Å². The first kappa shape index (κ1) is 12.0. The van der Waals surface area contributed by atoms with Crippen molar-refractivity contribution in [1.29, 1.82) is 0 Å². The highest BCUT2D eigenvalue weighted by molar-refractivity contribution is 8.00. The van der Waals surface area contributed by atoms with Gasteiger partial charge in [0, 0.05) is 10.1 Å². The van der Waals surface area contributed by atoms with Gasteiger partial charge in [0.1, 0.15) is 0 Å². The molecule has 5 heteroatoms. The van der Waals surface area contributed by atoms with Crippen LogP contribution in [0, 0.1) is 11.8 Å². The number of benzene rings is 1. The molecule has 1 aromatic carbocycles. The molecule has 90 valence electrons. The van der Waals surface area contributed by atoms with E-state index in [0.717, 1.165) is 4.90 Å². The molecule has 1 aliphatic carbocycles. The van der Waals surface area contributed by atoms with Crippen molar-refractivity contribution in [3.05, 3.63) is 30.3 Å². The molecule has 3 unspecified atom stereocenters. The molecule has 2 N–H and O–H groups in total. The maximum absolute atomic E-state index is 11.0. The van der Waals surface area contributed by atoms with Gasteiger partial charge in [0.05, 0.1) is 11.8 Å². The summed E-state index contributed by atoms with van der Waals surface area (Å²) in [6.07, 6.45) is 0.422. The molecule has 0 saturated heterocycles. The quantitative estimate of drug-likeness (QED) is 0.856. The first-order valence-electron chi connectivity index (χ1n) is 5.27. The largest absolute Gasteiger partial charge is 0.481 e. The molecule has 2 rings (SSSR count). The summed E-state index contributed by atoms with van der Waals surface area (Å²) in [6.45, 7) is 0. The van der Waals surface area contributed by atoms with Gasteiger partial charge in [-0.1, -0.05) is 18.2 Å². The fourth-order valence-electron chi connectivity index (χ4n) is 1.99. The Bertz CT molecular complexity index is 431. The van der Waals surface area contributed by atoms with Crippen LogP contribution in [0.4, 0.5) is 0 Å². The average molecular weight is 252 g/mol. The third kappa shape index (κ3) is 2.44. The van der Waals surface area contributed by atoms with Gasteiger partial charge in [0.25, 0.3) is 0 Å². The van der Waals surface area contributed by atoms with Crippen molar-refractivity contribution in [2.75, 3.05) is 0 Å². The highest BCUT2D eigenvalue weighted by Crippen LogP contribution is 2.45. The lowest BCUT2D eigenvalue weighted by atomic mass is 9.73. The Kier molecular flexibility index (Phi) is 3.38. The first-order valence-corrected chi connectivity index (χ1v) is 6.15. The Labute approximate surface area is 103 Å². The van der Waals surface area contributed by atoms with E-state index >= 15 is 0 Å². The van der Waals surface area contributed by atoms with Crippen molar-refractivity contribution >= 4 is 23.7 Å². The van der Waals surface area contributed by atoms with Gasteiger partial charge in [0.15, 0.2) is 0 Å². The van der Waals surface area contributed by atoms with Gasteiger partial charge in [-0.2, -0.15) is 0 Å². The van der Waals surface area contributed by atoms with E-state index in [9.17, 15) is 9.59 Å². The van der Waals surface area contributed by atoms with Crippen molar-refractivity contribution in [2.45, 2.75) is 16.6 Å². The Balaban J connectivity index is 2.04. The number of carboxylic acids is 2. The van der Waals surface area contributed by atoms with E-state index in [1.807, 2.05) is 30.3 Å². The molecule has 17 heavy (non-hydrogen) atoms. The monoisotopic (exact) mass is 252 g/mol. The maximum atomic E-state index is 11.0. The van der Waals surface area contributed by atoms with Crippen LogP contribution in [0.3, 0.4) is 0 Å². The standard InChI is InChI=1S/C12H12O4S/c13-11(14)8-6-9(10(8)12(15)16)17-7-4-2-1-3-5-7/h1-5,8-10H,6H2,(H,13,14)(H,15,16). The van der Waals surface area contributed by atoms with Crippen LogP contribution >= 0.6 is 11.8 Å². The van der Waals surface area contributed by atoms with Crippen LogP contribution in [0.15, 0.2) is 35.2 Å². The lowest BCUT2D eigenvalue weighted by Crippen LogP contribution is -2.48. The summed E-state index contributed by atoms with van der Waals surface area (Å²) in [7, 11) is 0. The van der Waals surface area contributed by atoms with Crippen LogP contribution in [0.1, 0.15) is 6.42 Å². The number of aliphatic carboxylic acids is 2. The number of thioether (sulfide) groups is 1. The van der Waals surface area contributed by atoms with Gasteiger partial charge in [0.2, 0.25) is 0 Å². The minimum absolute atomic E-state index is 0.143. The van der Waals surface area contributed by atoms with Gasteiger partial charge in [-0.05, 0) is 18.6 Å². The van der Waals surface area contributed by atoms with Crippen molar-refractivity contribution in [1.82, 2.24) is 0 Å². The van der Waals surface area contributed by atoms with Crippen LogP contribution in [0.2, 0.25) is 0 Å². The Morgan fingerprint density at radius 2 is 1.76 bits per heavy atom. The molecule has 0 aromatic heterocycles. The molecule has 3 atom stereocenters. The molecule has 1 saturated carbocycles. The number of carboxylic acid groups (broad SMARTS) is 2. The predicted octanol–water partition coefficient (Wildman–Crippen LogP) is 1.95. The van der Waals surface area contributed by atoms with Crippen LogP contribution in [-0.2, 0) is 9.59 Å². The lowest BCUT2D eigenvalue weighted by Gasteiger charge is -2.38. The molecule has 0 radical (unpaired) electrons. The second kappa shape index (κ2) is 4.79.